The lowest BCUT2D eigenvalue weighted by Crippen LogP contribution is -2.39. The lowest BCUT2D eigenvalue weighted by atomic mass is 9.96. The zero-order chi connectivity index (χ0) is 19.2. The van der Waals surface area contributed by atoms with Crippen molar-refractivity contribution in [2.75, 3.05) is 25.6 Å². The maximum absolute atomic E-state index is 5.81. The van der Waals surface area contributed by atoms with Gasteiger partial charge < -0.3 is 20.1 Å². The number of fused-ring (bicyclic) bond motifs is 1. The van der Waals surface area contributed by atoms with Crippen molar-refractivity contribution in [1.29, 1.82) is 0 Å². The molecule has 3 aromatic carbocycles. The second kappa shape index (κ2) is 8.48. The third-order valence-electron chi connectivity index (χ3n) is 4.63. The highest BCUT2D eigenvalue weighted by Crippen LogP contribution is 2.31. The first-order chi connectivity index (χ1) is 13.8. The molecule has 5 nitrogen and oxygen atoms in total. The normalized spacial score (nSPS) is 16.6. The summed E-state index contributed by atoms with van der Waals surface area (Å²) >= 11 is 0. The number of aliphatic imine (C=N–C) groups is 1. The molecule has 5 heteroatoms. The van der Waals surface area contributed by atoms with Gasteiger partial charge in [-0.15, -0.1) is 0 Å². The van der Waals surface area contributed by atoms with Crippen molar-refractivity contribution >= 4 is 11.6 Å². The van der Waals surface area contributed by atoms with Crippen LogP contribution in [0.25, 0.3) is 0 Å². The van der Waals surface area contributed by atoms with Crippen LogP contribution in [0, 0.1) is 0 Å². The number of benzene rings is 3. The molecule has 0 aliphatic carbocycles. The average Bonchev–Trinajstić information content (AvgIpc) is 2.77. The third kappa shape index (κ3) is 3.93. The highest BCUT2D eigenvalue weighted by molar-refractivity contribution is 5.97. The quantitative estimate of drug-likeness (QED) is 0.635. The Kier molecular flexibility index (Phi) is 5.43. The minimum absolute atomic E-state index is 0.0625. The van der Waals surface area contributed by atoms with Crippen LogP contribution >= 0.6 is 0 Å². The second-order valence-electron chi connectivity index (χ2n) is 6.43. The van der Waals surface area contributed by atoms with Crippen LogP contribution in [0.4, 0.5) is 5.69 Å². The van der Waals surface area contributed by atoms with Crippen LogP contribution in [0.15, 0.2) is 83.9 Å². The van der Waals surface area contributed by atoms with E-state index in [0.29, 0.717) is 13.2 Å². The van der Waals surface area contributed by atoms with Gasteiger partial charge >= 0.3 is 0 Å². The van der Waals surface area contributed by atoms with E-state index in [1.54, 1.807) is 7.11 Å². The molecular weight excluding hydrogens is 350 g/mol. The Morgan fingerprint density at radius 2 is 1.57 bits per heavy atom. The van der Waals surface area contributed by atoms with Crippen molar-refractivity contribution in [3.8, 4) is 11.5 Å². The number of para-hydroxylation sites is 3. The van der Waals surface area contributed by atoms with Gasteiger partial charge in [-0.25, -0.2) is 4.99 Å². The SMILES string of the molecule is COc1ccccc1OCCN=C1Nc2ccccc2C(c2ccccc2)N1. The molecule has 1 atom stereocenters. The molecule has 0 amide bonds. The molecule has 0 bridgehead atoms. The third-order valence-corrected chi connectivity index (χ3v) is 4.63. The molecule has 1 aliphatic heterocycles. The van der Waals surface area contributed by atoms with Gasteiger partial charge in [0.2, 0.25) is 0 Å². The van der Waals surface area contributed by atoms with Crippen LogP contribution in [0.5, 0.6) is 11.5 Å². The number of nitrogens with zero attached hydrogens (tertiary/aromatic N) is 1. The number of nitrogens with one attached hydrogen (secondary N) is 2. The Bertz CT molecular complexity index is 957. The highest BCUT2D eigenvalue weighted by Gasteiger charge is 2.23. The van der Waals surface area contributed by atoms with E-state index in [1.807, 2.05) is 36.4 Å². The Labute approximate surface area is 165 Å². The van der Waals surface area contributed by atoms with E-state index in [9.17, 15) is 0 Å². The van der Waals surface area contributed by atoms with Crippen LogP contribution in [0.3, 0.4) is 0 Å². The van der Waals surface area contributed by atoms with E-state index in [1.165, 1.54) is 11.1 Å². The van der Waals surface area contributed by atoms with Crippen molar-refractivity contribution in [2.45, 2.75) is 6.04 Å². The summed E-state index contributed by atoms with van der Waals surface area (Å²) in [6, 6.07) is 26.4. The molecule has 2 N–H and O–H groups in total. The molecule has 142 valence electrons. The molecule has 0 saturated carbocycles. The van der Waals surface area contributed by atoms with E-state index in [-0.39, 0.29) is 6.04 Å². The second-order valence-corrected chi connectivity index (χ2v) is 6.43. The Balaban J connectivity index is 1.46. The zero-order valence-electron chi connectivity index (χ0n) is 15.8. The topological polar surface area (TPSA) is 54.9 Å². The molecule has 0 saturated heterocycles. The summed E-state index contributed by atoms with van der Waals surface area (Å²) < 4.78 is 11.1. The number of rotatable bonds is 6. The maximum atomic E-state index is 5.81. The van der Waals surface area contributed by atoms with Crippen molar-refractivity contribution in [2.24, 2.45) is 4.99 Å². The lowest BCUT2D eigenvalue weighted by Gasteiger charge is -2.30. The van der Waals surface area contributed by atoms with Crippen molar-refractivity contribution in [1.82, 2.24) is 5.32 Å². The van der Waals surface area contributed by atoms with Crippen LogP contribution in [0.2, 0.25) is 0 Å². The molecule has 1 aliphatic rings. The largest absolute Gasteiger partial charge is 0.493 e. The summed E-state index contributed by atoms with van der Waals surface area (Å²) in [5, 5.41) is 6.88. The van der Waals surface area contributed by atoms with Gasteiger partial charge in [0.25, 0.3) is 0 Å². The van der Waals surface area contributed by atoms with Crippen LogP contribution < -0.4 is 20.1 Å². The molecule has 1 unspecified atom stereocenters. The summed E-state index contributed by atoms with van der Waals surface area (Å²) in [5.74, 6) is 2.19. The van der Waals surface area contributed by atoms with Crippen LogP contribution in [0.1, 0.15) is 17.2 Å². The molecule has 0 spiro atoms. The first-order valence-corrected chi connectivity index (χ1v) is 9.33. The average molecular weight is 373 g/mol. The fourth-order valence-electron chi connectivity index (χ4n) is 3.29. The molecule has 28 heavy (non-hydrogen) atoms. The van der Waals surface area contributed by atoms with Crippen molar-refractivity contribution in [3.63, 3.8) is 0 Å². The van der Waals surface area contributed by atoms with Gasteiger partial charge in [-0.3, -0.25) is 0 Å². The lowest BCUT2D eigenvalue weighted by molar-refractivity contribution is 0.303. The Morgan fingerprint density at radius 1 is 0.857 bits per heavy atom. The summed E-state index contributed by atoms with van der Waals surface area (Å²) in [6.45, 7) is 0.988. The van der Waals surface area contributed by atoms with Gasteiger partial charge in [0, 0.05) is 11.3 Å². The first kappa shape index (κ1) is 17.9. The fourth-order valence-corrected chi connectivity index (χ4v) is 3.29. The first-order valence-electron chi connectivity index (χ1n) is 9.33. The standard InChI is InChI=1S/C23H23N3O2/c1-27-20-13-7-8-14-21(20)28-16-15-24-23-25-19-12-6-5-11-18(19)22(26-23)17-9-3-2-4-10-17/h2-14,22H,15-16H2,1H3,(H2,24,25,26). The van der Waals surface area contributed by atoms with E-state index < -0.39 is 0 Å². The number of guanidine groups is 1. The minimum Gasteiger partial charge on any atom is -0.493 e. The molecule has 3 aromatic rings. The molecule has 1 heterocycles. The number of ether oxygens (including phenoxy) is 2. The highest BCUT2D eigenvalue weighted by atomic mass is 16.5. The van der Waals surface area contributed by atoms with Gasteiger partial charge in [0.05, 0.1) is 19.7 Å². The summed E-state index contributed by atoms with van der Waals surface area (Å²) in [5.41, 5.74) is 3.48. The maximum Gasteiger partial charge on any atom is 0.196 e. The monoisotopic (exact) mass is 373 g/mol. The van der Waals surface area contributed by atoms with E-state index in [2.05, 4.69) is 58.1 Å². The summed E-state index contributed by atoms with van der Waals surface area (Å²) in [4.78, 5) is 4.66. The predicted octanol–water partition coefficient (Wildman–Crippen LogP) is 4.23. The molecular formula is C23H23N3O2. The van der Waals surface area contributed by atoms with E-state index in [4.69, 9.17) is 9.47 Å². The number of hydrogen-bond donors (Lipinski definition) is 2. The number of anilines is 1. The summed E-state index contributed by atoms with van der Waals surface area (Å²) in [7, 11) is 1.64. The molecule has 0 fully saturated rings. The summed E-state index contributed by atoms with van der Waals surface area (Å²) in [6.07, 6.45) is 0. The smallest absolute Gasteiger partial charge is 0.196 e. The van der Waals surface area contributed by atoms with Gasteiger partial charge in [0.15, 0.2) is 17.5 Å². The van der Waals surface area contributed by atoms with Crippen molar-refractivity contribution < 1.29 is 9.47 Å². The van der Waals surface area contributed by atoms with E-state index in [0.717, 1.165) is 23.1 Å². The number of methoxy groups -OCH3 is 1. The van der Waals surface area contributed by atoms with Gasteiger partial charge in [0.1, 0.15) is 6.61 Å². The Hall–Kier alpha value is -3.47. The van der Waals surface area contributed by atoms with Gasteiger partial charge in [-0.1, -0.05) is 60.7 Å². The predicted molar refractivity (Wildman–Crippen MR) is 112 cm³/mol. The van der Waals surface area contributed by atoms with Crippen LogP contribution in [-0.4, -0.2) is 26.2 Å². The fraction of sp³-hybridized carbons (Fsp3) is 0.174. The molecule has 4 rings (SSSR count). The Morgan fingerprint density at radius 3 is 2.39 bits per heavy atom. The minimum atomic E-state index is 0.0625. The molecule has 0 radical (unpaired) electrons. The van der Waals surface area contributed by atoms with Crippen LogP contribution in [-0.2, 0) is 0 Å². The number of hydrogen-bond acceptors (Lipinski definition) is 3. The van der Waals surface area contributed by atoms with E-state index >= 15 is 0 Å². The molecule has 0 aromatic heterocycles. The zero-order valence-corrected chi connectivity index (χ0v) is 15.8. The van der Waals surface area contributed by atoms with Gasteiger partial charge in [-0.2, -0.15) is 0 Å². The van der Waals surface area contributed by atoms with Crippen molar-refractivity contribution in [3.05, 3.63) is 90.0 Å². The van der Waals surface area contributed by atoms with Gasteiger partial charge in [-0.05, 0) is 23.8 Å².